The van der Waals surface area contributed by atoms with Crippen LogP contribution in [-0.2, 0) is 0 Å². The van der Waals surface area contributed by atoms with Gasteiger partial charge in [-0.15, -0.1) is 0 Å². The van der Waals surface area contributed by atoms with E-state index < -0.39 is 11.0 Å². The third kappa shape index (κ3) is 4.47. The molecule has 1 atom stereocenters. The van der Waals surface area contributed by atoms with Gasteiger partial charge in [0.15, 0.2) is 0 Å². The lowest BCUT2D eigenvalue weighted by atomic mass is 10.1. The summed E-state index contributed by atoms with van der Waals surface area (Å²) >= 11 is 0. The number of hydrogen-bond acceptors (Lipinski definition) is 5. The van der Waals surface area contributed by atoms with Crippen molar-refractivity contribution >= 4 is 5.69 Å². The standard InChI is InChI=1S/C14H20N2O4/c17-13(10-15-7-2-1-3-8-15)11-20-14-6-4-5-12(9-14)16(18)19/h4-6,9,13,17H,1-3,7-8,10-11H2/t13-/m0/s1. The predicted octanol–water partition coefficient (Wildman–Crippen LogP) is 1.82. The number of aliphatic hydroxyl groups is 1. The zero-order chi connectivity index (χ0) is 14.4. The van der Waals surface area contributed by atoms with Crippen LogP contribution < -0.4 is 4.74 Å². The van der Waals surface area contributed by atoms with Crippen LogP contribution in [0.4, 0.5) is 5.69 Å². The van der Waals surface area contributed by atoms with Crippen molar-refractivity contribution in [2.45, 2.75) is 25.4 Å². The molecule has 0 bridgehead atoms. The highest BCUT2D eigenvalue weighted by Crippen LogP contribution is 2.19. The van der Waals surface area contributed by atoms with E-state index in [1.165, 1.54) is 31.4 Å². The van der Waals surface area contributed by atoms with Gasteiger partial charge >= 0.3 is 0 Å². The molecule has 6 nitrogen and oxygen atoms in total. The first kappa shape index (κ1) is 14.7. The number of nitro groups is 1. The Morgan fingerprint density at radius 1 is 1.35 bits per heavy atom. The molecule has 1 saturated heterocycles. The molecule has 1 aliphatic rings. The molecule has 1 N–H and O–H groups in total. The Morgan fingerprint density at radius 2 is 2.10 bits per heavy atom. The Hall–Kier alpha value is -1.66. The fourth-order valence-electron chi connectivity index (χ4n) is 2.37. The average molecular weight is 280 g/mol. The van der Waals surface area contributed by atoms with Crippen molar-refractivity contribution in [3.05, 3.63) is 34.4 Å². The van der Waals surface area contributed by atoms with E-state index in [2.05, 4.69) is 4.90 Å². The van der Waals surface area contributed by atoms with Gasteiger partial charge in [0.25, 0.3) is 5.69 Å². The molecule has 1 aromatic rings. The summed E-state index contributed by atoms with van der Waals surface area (Å²) in [5, 5.41) is 20.6. The van der Waals surface area contributed by atoms with Gasteiger partial charge in [0.05, 0.1) is 11.0 Å². The van der Waals surface area contributed by atoms with Crippen LogP contribution in [0.5, 0.6) is 5.75 Å². The number of nitrogens with zero attached hydrogens (tertiary/aromatic N) is 2. The molecule has 0 spiro atoms. The van der Waals surface area contributed by atoms with Crippen molar-refractivity contribution in [2.75, 3.05) is 26.2 Å². The van der Waals surface area contributed by atoms with Crippen molar-refractivity contribution in [3.63, 3.8) is 0 Å². The van der Waals surface area contributed by atoms with Gasteiger partial charge < -0.3 is 14.7 Å². The van der Waals surface area contributed by atoms with E-state index in [-0.39, 0.29) is 12.3 Å². The number of hydrogen-bond donors (Lipinski definition) is 1. The van der Waals surface area contributed by atoms with Gasteiger partial charge in [-0.25, -0.2) is 0 Å². The first-order valence-electron chi connectivity index (χ1n) is 6.93. The summed E-state index contributed by atoms with van der Waals surface area (Å²) in [5.74, 6) is 0.414. The van der Waals surface area contributed by atoms with Crippen LogP contribution in [0.15, 0.2) is 24.3 Å². The lowest BCUT2D eigenvalue weighted by Crippen LogP contribution is -2.38. The van der Waals surface area contributed by atoms with Crippen LogP contribution in [0.2, 0.25) is 0 Å². The second-order valence-corrected chi connectivity index (χ2v) is 5.08. The molecule has 1 aliphatic heterocycles. The van der Waals surface area contributed by atoms with Crippen molar-refractivity contribution in [1.29, 1.82) is 0 Å². The van der Waals surface area contributed by atoms with Crippen LogP contribution >= 0.6 is 0 Å². The van der Waals surface area contributed by atoms with E-state index in [4.69, 9.17) is 4.74 Å². The number of likely N-dealkylation sites (tertiary alicyclic amines) is 1. The Labute approximate surface area is 118 Å². The molecule has 0 radical (unpaired) electrons. The number of ether oxygens (including phenoxy) is 1. The van der Waals surface area contributed by atoms with Crippen LogP contribution in [0, 0.1) is 10.1 Å². The number of non-ortho nitro benzene ring substituents is 1. The molecule has 1 fully saturated rings. The smallest absolute Gasteiger partial charge is 0.273 e. The van der Waals surface area contributed by atoms with Gasteiger partial charge in [0.1, 0.15) is 18.5 Å². The lowest BCUT2D eigenvalue weighted by molar-refractivity contribution is -0.384. The molecule has 2 rings (SSSR count). The zero-order valence-corrected chi connectivity index (χ0v) is 11.4. The molecule has 0 aromatic heterocycles. The minimum absolute atomic E-state index is 0.00646. The van der Waals surface area contributed by atoms with Gasteiger partial charge in [-0.05, 0) is 32.0 Å². The summed E-state index contributed by atoms with van der Waals surface area (Å²) in [5.41, 5.74) is -0.00646. The highest BCUT2D eigenvalue weighted by Gasteiger charge is 2.15. The van der Waals surface area contributed by atoms with Gasteiger partial charge in [0, 0.05) is 12.6 Å². The van der Waals surface area contributed by atoms with Crippen molar-refractivity contribution in [3.8, 4) is 5.75 Å². The molecule has 20 heavy (non-hydrogen) atoms. The number of aliphatic hydroxyl groups excluding tert-OH is 1. The second-order valence-electron chi connectivity index (χ2n) is 5.08. The molecule has 0 saturated carbocycles. The van der Waals surface area contributed by atoms with Crippen molar-refractivity contribution < 1.29 is 14.8 Å². The molecule has 0 aliphatic carbocycles. The normalized spacial score (nSPS) is 17.6. The summed E-state index contributed by atoms with van der Waals surface area (Å²) in [6.07, 6.45) is 3.04. The van der Waals surface area contributed by atoms with E-state index >= 15 is 0 Å². The minimum Gasteiger partial charge on any atom is -0.491 e. The monoisotopic (exact) mass is 280 g/mol. The number of benzene rings is 1. The number of nitro benzene ring substituents is 1. The maximum Gasteiger partial charge on any atom is 0.273 e. The predicted molar refractivity (Wildman–Crippen MR) is 74.9 cm³/mol. The maximum absolute atomic E-state index is 10.6. The Morgan fingerprint density at radius 3 is 2.80 bits per heavy atom. The van der Waals surface area contributed by atoms with E-state index in [1.807, 2.05) is 0 Å². The fourth-order valence-corrected chi connectivity index (χ4v) is 2.37. The van der Waals surface area contributed by atoms with Crippen LogP contribution in [0.1, 0.15) is 19.3 Å². The summed E-state index contributed by atoms with van der Waals surface area (Å²) in [6, 6.07) is 6.01. The molecule has 0 amide bonds. The molecule has 1 heterocycles. The molecular formula is C14H20N2O4. The van der Waals surface area contributed by atoms with Gasteiger partial charge in [-0.1, -0.05) is 12.5 Å². The first-order chi connectivity index (χ1) is 9.65. The zero-order valence-electron chi connectivity index (χ0n) is 11.4. The lowest BCUT2D eigenvalue weighted by Gasteiger charge is -2.28. The number of piperidine rings is 1. The first-order valence-corrected chi connectivity index (χ1v) is 6.93. The Balaban J connectivity index is 1.78. The molecule has 0 unspecified atom stereocenters. The third-order valence-corrected chi connectivity index (χ3v) is 3.39. The largest absolute Gasteiger partial charge is 0.491 e. The summed E-state index contributed by atoms with van der Waals surface area (Å²) in [7, 11) is 0. The van der Waals surface area contributed by atoms with Crippen molar-refractivity contribution in [1.82, 2.24) is 4.90 Å². The molecular weight excluding hydrogens is 260 g/mol. The van der Waals surface area contributed by atoms with E-state index in [0.29, 0.717) is 12.3 Å². The maximum atomic E-state index is 10.6. The number of β-amino-alcohol motifs (C(OH)–C–C–N with tert-alkyl or cyclic N) is 1. The molecule has 110 valence electrons. The van der Waals surface area contributed by atoms with Crippen LogP contribution in [-0.4, -0.2) is 47.3 Å². The summed E-state index contributed by atoms with van der Waals surface area (Å²) in [6.45, 7) is 2.79. The van der Waals surface area contributed by atoms with E-state index in [1.54, 1.807) is 12.1 Å². The van der Waals surface area contributed by atoms with Gasteiger partial charge in [-0.2, -0.15) is 0 Å². The quantitative estimate of drug-likeness (QED) is 0.635. The third-order valence-electron chi connectivity index (χ3n) is 3.39. The van der Waals surface area contributed by atoms with E-state index in [0.717, 1.165) is 13.1 Å². The van der Waals surface area contributed by atoms with Gasteiger partial charge in [-0.3, -0.25) is 10.1 Å². The summed E-state index contributed by atoms with van der Waals surface area (Å²) < 4.78 is 5.42. The van der Waals surface area contributed by atoms with Gasteiger partial charge in [0.2, 0.25) is 0 Å². The topological polar surface area (TPSA) is 75.8 Å². The second kappa shape index (κ2) is 7.21. The highest BCUT2D eigenvalue weighted by atomic mass is 16.6. The SMILES string of the molecule is O=[N+]([O-])c1cccc(OC[C@@H](O)CN2CCCCC2)c1. The Bertz CT molecular complexity index is 447. The average Bonchev–Trinajstić information content (AvgIpc) is 2.46. The minimum atomic E-state index is -0.577. The number of rotatable bonds is 6. The molecule has 1 aromatic carbocycles. The summed E-state index contributed by atoms with van der Waals surface area (Å²) in [4.78, 5) is 12.4. The van der Waals surface area contributed by atoms with Crippen LogP contribution in [0.3, 0.4) is 0 Å². The highest BCUT2D eigenvalue weighted by molar-refractivity contribution is 5.37. The fraction of sp³-hybridized carbons (Fsp3) is 0.571. The Kier molecular flexibility index (Phi) is 5.31. The van der Waals surface area contributed by atoms with Crippen molar-refractivity contribution in [2.24, 2.45) is 0 Å². The van der Waals surface area contributed by atoms with Crippen LogP contribution in [0.25, 0.3) is 0 Å². The molecule has 6 heteroatoms. The van der Waals surface area contributed by atoms with E-state index in [9.17, 15) is 15.2 Å².